The molecule has 1 atom stereocenters. The molecule has 3 rings (SSSR count). The minimum atomic E-state index is -0.116. The lowest BCUT2D eigenvalue weighted by atomic mass is 10.1. The Bertz CT molecular complexity index is 444. The van der Waals surface area contributed by atoms with Gasteiger partial charge in [0.2, 0.25) is 5.91 Å². The predicted molar refractivity (Wildman–Crippen MR) is 75.2 cm³/mol. The molecule has 0 aromatic carbocycles. The number of likely N-dealkylation sites (tertiary alicyclic amines) is 1. The first-order valence-corrected chi connectivity index (χ1v) is 7.50. The van der Waals surface area contributed by atoms with Gasteiger partial charge in [0.25, 0.3) is 5.91 Å². The van der Waals surface area contributed by atoms with Crippen molar-refractivity contribution in [1.29, 1.82) is 0 Å². The van der Waals surface area contributed by atoms with Crippen LogP contribution in [0.2, 0.25) is 0 Å². The molecular formula is C14H22N4O2. The first-order chi connectivity index (χ1) is 9.63. The summed E-state index contributed by atoms with van der Waals surface area (Å²) in [5.41, 5.74) is 0.476. The molecule has 0 aromatic rings. The molecular weight excluding hydrogens is 256 g/mol. The van der Waals surface area contributed by atoms with Crippen molar-refractivity contribution in [1.82, 2.24) is 15.2 Å². The number of hydrogen-bond acceptors (Lipinski definition) is 4. The van der Waals surface area contributed by atoms with Crippen LogP contribution in [0.5, 0.6) is 0 Å². The Balaban J connectivity index is 1.45. The fourth-order valence-electron chi connectivity index (χ4n) is 2.97. The summed E-state index contributed by atoms with van der Waals surface area (Å²) in [7, 11) is 1.60. The Morgan fingerprint density at radius 3 is 2.85 bits per heavy atom. The van der Waals surface area contributed by atoms with E-state index in [-0.39, 0.29) is 11.8 Å². The number of rotatable bonds is 4. The Kier molecular flexibility index (Phi) is 3.74. The molecule has 20 heavy (non-hydrogen) atoms. The van der Waals surface area contributed by atoms with Crippen LogP contribution in [0.25, 0.3) is 0 Å². The van der Waals surface area contributed by atoms with Crippen molar-refractivity contribution in [3.8, 4) is 0 Å². The highest BCUT2D eigenvalue weighted by Crippen LogP contribution is 2.31. The molecule has 1 saturated heterocycles. The summed E-state index contributed by atoms with van der Waals surface area (Å²) >= 11 is 0. The lowest BCUT2D eigenvalue weighted by molar-refractivity contribution is -0.130. The zero-order chi connectivity index (χ0) is 14.1. The molecule has 6 nitrogen and oxygen atoms in total. The monoisotopic (exact) mass is 278 g/mol. The second kappa shape index (κ2) is 5.52. The number of amides is 2. The number of carbonyl (C=O) groups excluding carboxylic acids is 2. The van der Waals surface area contributed by atoms with Crippen molar-refractivity contribution in [2.75, 3.05) is 26.7 Å². The van der Waals surface area contributed by atoms with E-state index in [1.165, 1.54) is 30.8 Å². The molecule has 0 spiro atoms. The van der Waals surface area contributed by atoms with Crippen LogP contribution in [0.4, 0.5) is 0 Å². The maximum absolute atomic E-state index is 12.0. The van der Waals surface area contributed by atoms with Crippen molar-refractivity contribution in [2.45, 2.75) is 38.1 Å². The molecule has 1 N–H and O–H groups in total. The summed E-state index contributed by atoms with van der Waals surface area (Å²) < 4.78 is 0. The van der Waals surface area contributed by atoms with Crippen molar-refractivity contribution >= 4 is 17.5 Å². The Hall–Kier alpha value is -1.43. The zero-order valence-electron chi connectivity index (χ0n) is 12.0. The molecule has 2 aliphatic heterocycles. The van der Waals surface area contributed by atoms with Crippen molar-refractivity contribution in [2.24, 2.45) is 11.0 Å². The summed E-state index contributed by atoms with van der Waals surface area (Å²) in [6.45, 7) is 3.00. The third-order valence-electron chi connectivity index (χ3n) is 4.40. The molecule has 2 fully saturated rings. The Morgan fingerprint density at radius 2 is 2.15 bits per heavy atom. The van der Waals surface area contributed by atoms with Gasteiger partial charge >= 0.3 is 0 Å². The number of hydrazone groups is 1. The largest absolute Gasteiger partial charge is 0.351 e. The van der Waals surface area contributed by atoms with Gasteiger partial charge in [0, 0.05) is 39.0 Å². The quantitative estimate of drug-likeness (QED) is 0.798. The fraction of sp³-hybridized carbons (Fsp3) is 0.786. The molecule has 0 bridgehead atoms. The molecule has 0 aromatic heterocycles. The first-order valence-electron chi connectivity index (χ1n) is 7.50. The second-order valence-corrected chi connectivity index (χ2v) is 6.05. The molecule has 3 aliphatic rings. The van der Waals surface area contributed by atoms with E-state index in [1.807, 2.05) is 0 Å². The van der Waals surface area contributed by atoms with Crippen LogP contribution in [-0.4, -0.2) is 60.2 Å². The van der Waals surface area contributed by atoms with E-state index in [4.69, 9.17) is 0 Å². The lowest BCUT2D eigenvalue weighted by Crippen LogP contribution is -2.39. The second-order valence-electron chi connectivity index (χ2n) is 6.05. The standard InChI is InChI=1S/C14H22N4O2/c1-17-13(19)5-4-12(16-17)14(20)15-8-10-6-7-18(9-10)11-2-3-11/h10-11H,2-9H2,1H3,(H,15,20)/t10-/m0/s1. The van der Waals surface area contributed by atoms with E-state index in [2.05, 4.69) is 15.3 Å². The number of nitrogens with zero attached hydrogens (tertiary/aromatic N) is 3. The van der Waals surface area contributed by atoms with Gasteiger partial charge in [-0.2, -0.15) is 5.10 Å². The lowest BCUT2D eigenvalue weighted by Gasteiger charge is -2.19. The van der Waals surface area contributed by atoms with Crippen molar-refractivity contribution in [3.63, 3.8) is 0 Å². The minimum absolute atomic E-state index is 0.0302. The average Bonchev–Trinajstić information content (AvgIpc) is 3.18. The highest BCUT2D eigenvalue weighted by atomic mass is 16.2. The summed E-state index contributed by atoms with van der Waals surface area (Å²) in [5.74, 6) is 0.412. The first kappa shape index (κ1) is 13.5. The number of carbonyl (C=O) groups is 2. The SMILES string of the molecule is CN1N=C(C(=O)NC[C@@H]2CCN(C3CC3)C2)CCC1=O. The molecule has 6 heteroatoms. The number of hydrogen-bond donors (Lipinski definition) is 1. The van der Waals surface area contributed by atoms with E-state index in [9.17, 15) is 9.59 Å². The summed E-state index contributed by atoms with van der Waals surface area (Å²) in [4.78, 5) is 25.9. The highest BCUT2D eigenvalue weighted by molar-refractivity contribution is 6.39. The predicted octanol–water partition coefficient (Wildman–Crippen LogP) is 0.195. The zero-order valence-corrected chi connectivity index (χ0v) is 12.0. The van der Waals surface area contributed by atoms with Gasteiger partial charge in [-0.05, 0) is 31.7 Å². The van der Waals surface area contributed by atoms with Gasteiger partial charge in [-0.3, -0.25) is 9.59 Å². The van der Waals surface area contributed by atoms with Gasteiger partial charge in [-0.15, -0.1) is 0 Å². The third kappa shape index (κ3) is 3.00. The van der Waals surface area contributed by atoms with Crippen LogP contribution in [0, 0.1) is 5.92 Å². The van der Waals surface area contributed by atoms with Crippen molar-refractivity contribution < 1.29 is 9.59 Å². The maximum atomic E-state index is 12.0. The normalized spacial score (nSPS) is 27.6. The van der Waals surface area contributed by atoms with Crippen LogP contribution in [0.3, 0.4) is 0 Å². The summed E-state index contributed by atoms with van der Waals surface area (Å²) in [6, 6.07) is 0.818. The van der Waals surface area contributed by atoms with Crippen LogP contribution >= 0.6 is 0 Å². The summed E-state index contributed by atoms with van der Waals surface area (Å²) in [6.07, 6.45) is 4.68. The van der Waals surface area contributed by atoms with E-state index < -0.39 is 0 Å². The molecule has 2 amide bonds. The van der Waals surface area contributed by atoms with Crippen LogP contribution in [0.1, 0.15) is 32.1 Å². The van der Waals surface area contributed by atoms with E-state index in [0.717, 1.165) is 19.1 Å². The number of nitrogens with one attached hydrogen (secondary N) is 1. The van der Waals surface area contributed by atoms with Crippen molar-refractivity contribution in [3.05, 3.63) is 0 Å². The van der Waals surface area contributed by atoms with Gasteiger partial charge < -0.3 is 10.2 Å². The topological polar surface area (TPSA) is 65.0 Å². The van der Waals surface area contributed by atoms with E-state index in [0.29, 0.717) is 24.5 Å². The molecule has 2 heterocycles. The smallest absolute Gasteiger partial charge is 0.267 e. The molecule has 110 valence electrons. The molecule has 0 radical (unpaired) electrons. The average molecular weight is 278 g/mol. The molecule has 1 saturated carbocycles. The molecule has 0 unspecified atom stereocenters. The van der Waals surface area contributed by atoms with Crippen LogP contribution < -0.4 is 5.32 Å². The maximum Gasteiger partial charge on any atom is 0.267 e. The third-order valence-corrected chi connectivity index (χ3v) is 4.40. The van der Waals surface area contributed by atoms with Crippen LogP contribution in [0.15, 0.2) is 5.10 Å². The van der Waals surface area contributed by atoms with Gasteiger partial charge in [-0.1, -0.05) is 0 Å². The van der Waals surface area contributed by atoms with E-state index >= 15 is 0 Å². The summed E-state index contributed by atoms with van der Waals surface area (Å²) in [5, 5.41) is 8.28. The van der Waals surface area contributed by atoms with Gasteiger partial charge in [0.15, 0.2) is 0 Å². The van der Waals surface area contributed by atoms with Gasteiger partial charge in [0.1, 0.15) is 5.71 Å². The Labute approximate surface area is 119 Å². The highest BCUT2D eigenvalue weighted by Gasteiger charge is 2.34. The Morgan fingerprint density at radius 1 is 1.35 bits per heavy atom. The fourth-order valence-corrected chi connectivity index (χ4v) is 2.97. The molecule has 1 aliphatic carbocycles. The minimum Gasteiger partial charge on any atom is -0.351 e. The van der Waals surface area contributed by atoms with Gasteiger partial charge in [-0.25, -0.2) is 5.01 Å². The van der Waals surface area contributed by atoms with Gasteiger partial charge in [0.05, 0.1) is 0 Å². The van der Waals surface area contributed by atoms with E-state index in [1.54, 1.807) is 7.05 Å². The van der Waals surface area contributed by atoms with Crippen LogP contribution in [-0.2, 0) is 9.59 Å².